The van der Waals surface area contributed by atoms with Gasteiger partial charge >= 0.3 is 0 Å². The van der Waals surface area contributed by atoms with Gasteiger partial charge in [-0.15, -0.1) is 0 Å². The molecule has 0 radical (unpaired) electrons. The maximum absolute atomic E-state index is 2.57. The maximum atomic E-state index is 2.57. The summed E-state index contributed by atoms with van der Waals surface area (Å²) in [7, 11) is -2.20. The van der Waals surface area contributed by atoms with Crippen LogP contribution >= 0.6 is 0 Å². The number of benzene rings is 10. The van der Waals surface area contributed by atoms with Crippen LogP contribution in [0.4, 0.5) is 0 Å². The zero-order valence-electron chi connectivity index (χ0n) is 33.9. The second kappa shape index (κ2) is 14.3. The molecule has 0 saturated carbocycles. The molecule has 0 heterocycles. The Morgan fingerprint density at radius 2 is 0.750 bits per heavy atom. The van der Waals surface area contributed by atoms with Crippen LogP contribution in [0.3, 0.4) is 0 Å². The summed E-state index contributed by atoms with van der Waals surface area (Å²) in [6.07, 6.45) is 0. The van der Waals surface area contributed by atoms with Gasteiger partial charge in [0.25, 0.3) is 0 Å². The van der Waals surface area contributed by atoms with E-state index in [0.29, 0.717) is 0 Å². The van der Waals surface area contributed by atoms with Gasteiger partial charge in [-0.1, -0.05) is 248 Å². The van der Waals surface area contributed by atoms with Crippen LogP contribution in [0.25, 0.3) is 66.1 Å². The first kappa shape index (κ1) is 36.0. The molecule has 60 heavy (non-hydrogen) atoms. The molecule has 0 spiro atoms. The molecule has 10 aromatic carbocycles. The van der Waals surface area contributed by atoms with Crippen LogP contribution < -0.4 is 10.4 Å². The van der Waals surface area contributed by atoms with Crippen LogP contribution in [0.1, 0.15) is 22.3 Å². The fraction of sp³-hybridized carbons (Fsp3) is 0.0508. The van der Waals surface area contributed by atoms with Crippen LogP contribution in [0.15, 0.2) is 231 Å². The Bertz CT molecular complexity index is 3140. The van der Waals surface area contributed by atoms with Crippen molar-refractivity contribution in [2.24, 2.45) is 0 Å². The summed E-state index contributed by atoms with van der Waals surface area (Å²) in [5, 5.41) is 7.95. The Hall–Kier alpha value is -7.06. The summed E-state index contributed by atoms with van der Waals surface area (Å²) in [5.74, 6) is 0. The summed E-state index contributed by atoms with van der Waals surface area (Å²) in [6, 6.07) is 86.1. The van der Waals surface area contributed by atoms with Crippen molar-refractivity contribution < 1.29 is 0 Å². The van der Waals surface area contributed by atoms with Crippen molar-refractivity contribution in [2.45, 2.75) is 18.5 Å². The van der Waals surface area contributed by atoms with Crippen molar-refractivity contribution in [3.05, 3.63) is 253 Å². The molecule has 11 rings (SSSR count). The lowest BCUT2D eigenvalue weighted by molar-refractivity contribution is 0.769. The monoisotopic (exact) mass is 780 g/mol. The van der Waals surface area contributed by atoms with Gasteiger partial charge < -0.3 is 0 Å². The Morgan fingerprint density at radius 1 is 0.300 bits per heavy atom. The number of fused-ring (bicyclic) bond motifs is 5. The first-order valence-electron chi connectivity index (χ1n) is 21.1. The molecule has 0 fully saturated rings. The second-order valence-electron chi connectivity index (χ2n) is 16.8. The summed E-state index contributed by atoms with van der Waals surface area (Å²) in [6.45, 7) is 5.04. The minimum absolute atomic E-state index is 0.411. The smallest absolute Gasteiger partial charge is 0.0622 e. The molecule has 1 aliphatic carbocycles. The van der Waals surface area contributed by atoms with Gasteiger partial charge in [0.1, 0.15) is 8.07 Å². The van der Waals surface area contributed by atoms with Crippen molar-refractivity contribution in [2.75, 3.05) is 0 Å². The maximum Gasteiger partial charge on any atom is 0.112 e. The van der Waals surface area contributed by atoms with Crippen molar-refractivity contribution in [1.29, 1.82) is 0 Å². The van der Waals surface area contributed by atoms with Gasteiger partial charge in [0.05, 0.1) is 5.41 Å². The van der Waals surface area contributed by atoms with Crippen LogP contribution in [0, 0.1) is 0 Å². The van der Waals surface area contributed by atoms with Crippen molar-refractivity contribution in [3.63, 3.8) is 0 Å². The number of rotatable bonds is 7. The Morgan fingerprint density at radius 3 is 1.38 bits per heavy atom. The minimum atomic E-state index is -2.20. The van der Waals surface area contributed by atoms with E-state index in [1.807, 2.05) is 0 Å². The molecule has 1 aliphatic rings. The van der Waals surface area contributed by atoms with Gasteiger partial charge in [0.15, 0.2) is 0 Å². The summed E-state index contributed by atoms with van der Waals surface area (Å²) >= 11 is 0. The van der Waals surface area contributed by atoms with E-state index in [0.717, 1.165) is 0 Å². The largest absolute Gasteiger partial charge is 0.112 e. The normalized spacial score (nSPS) is 13.0. The van der Waals surface area contributed by atoms with Crippen LogP contribution in [-0.2, 0) is 5.41 Å². The van der Waals surface area contributed by atoms with E-state index in [4.69, 9.17) is 0 Å². The van der Waals surface area contributed by atoms with E-state index >= 15 is 0 Å². The lowest BCUT2D eigenvalue weighted by atomic mass is 9.68. The number of hydrogen-bond acceptors (Lipinski definition) is 0. The SMILES string of the molecule is C[Si](C)(c1ccc(-c2c3ccccc3c(-c3ccccc3)c3ccc(-c4ccccc4)cc23)cc1)c1ccc2c(c1)C(c1ccccc1)(c1ccccc1)c1ccccc1-2. The molecule has 0 atom stereocenters. The van der Waals surface area contributed by atoms with Gasteiger partial charge in [-0.2, -0.15) is 0 Å². The van der Waals surface area contributed by atoms with Gasteiger partial charge in [-0.3, -0.25) is 0 Å². The second-order valence-corrected chi connectivity index (χ2v) is 21.2. The minimum Gasteiger partial charge on any atom is -0.0622 e. The number of hydrogen-bond donors (Lipinski definition) is 0. The van der Waals surface area contributed by atoms with Crippen LogP contribution in [0.2, 0.25) is 13.1 Å². The molecule has 0 saturated heterocycles. The van der Waals surface area contributed by atoms with Gasteiger partial charge in [0, 0.05) is 0 Å². The quantitative estimate of drug-likeness (QED) is 0.112. The van der Waals surface area contributed by atoms with E-state index in [-0.39, 0.29) is 0 Å². The van der Waals surface area contributed by atoms with Crippen molar-refractivity contribution in [1.82, 2.24) is 0 Å². The Labute approximate surface area is 354 Å². The third kappa shape index (κ3) is 5.58. The summed E-state index contributed by atoms with van der Waals surface area (Å²) in [4.78, 5) is 0. The molecular weight excluding hydrogens is 737 g/mol. The molecule has 0 aliphatic heterocycles. The fourth-order valence-corrected chi connectivity index (χ4v) is 12.6. The molecule has 0 amide bonds. The highest BCUT2D eigenvalue weighted by atomic mass is 28.3. The van der Waals surface area contributed by atoms with Gasteiger partial charge in [-0.25, -0.2) is 0 Å². The molecule has 0 aromatic heterocycles. The first-order valence-corrected chi connectivity index (χ1v) is 24.1. The molecule has 10 aromatic rings. The van der Waals surface area contributed by atoms with E-state index in [1.54, 1.807) is 0 Å². The third-order valence-electron chi connectivity index (χ3n) is 13.3. The van der Waals surface area contributed by atoms with E-state index in [2.05, 4.69) is 244 Å². The molecule has 0 bridgehead atoms. The zero-order valence-corrected chi connectivity index (χ0v) is 34.9. The molecule has 0 nitrogen and oxygen atoms in total. The molecule has 0 unspecified atom stereocenters. The van der Waals surface area contributed by atoms with Crippen molar-refractivity contribution in [3.8, 4) is 44.5 Å². The molecule has 1 heteroatoms. The Kier molecular flexibility index (Phi) is 8.62. The molecular formula is C59H44Si. The van der Waals surface area contributed by atoms with Crippen LogP contribution in [-0.4, -0.2) is 8.07 Å². The van der Waals surface area contributed by atoms with Crippen molar-refractivity contribution >= 4 is 40.0 Å². The predicted molar refractivity (Wildman–Crippen MR) is 258 cm³/mol. The van der Waals surface area contributed by atoms with Crippen LogP contribution in [0.5, 0.6) is 0 Å². The summed E-state index contributed by atoms with van der Waals surface area (Å²) < 4.78 is 0. The highest BCUT2D eigenvalue weighted by Gasteiger charge is 2.46. The lowest BCUT2D eigenvalue weighted by Gasteiger charge is -2.35. The van der Waals surface area contributed by atoms with E-state index in [9.17, 15) is 0 Å². The van der Waals surface area contributed by atoms with E-state index in [1.165, 1.54) is 98.7 Å². The fourth-order valence-electron chi connectivity index (χ4n) is 10.3. The highest BCUT2D eigenvalue weighted by Crippen LogP contribution is 2.56. The highest BCUT2D eigenvalue weighted by molar-refractivity contribution is 7.00. The first-order chi connectivity index (χ1) is 29.5. The average Bonchev–Trinajstić information content (AvgIpc) is 3.62. The standard InChI is InChI=1S/C59H44Si/c1-60(2,48-36-38-50-49-27-17-18-30-55(49)59(56(50)40-48,45-23-11-5-12-24-45)46-25-13-6-14-26-46)47-34-31-43(32-35-47)58-52-29-16-15-28-51(52)57(42-21-9-4-10-22-42)53-37-33-44(39-54(53)58)41-19-7-3-8-20-41/h3-40H,1-2H3. The average molecular weight is 781 g/mol. The lowest BCUT2D eigenvalue weighted by Crippen LogP contribution is -2.53. The van der Waals surface area contributed by atoms with Gasteiger partial charge in [-0.05, 0) is 94.4 Å². The predicted octanol–water partition coefficient (Wildman–Crippen LogP) is 14.2. The van der Waals surface area contributed by atoms with E-state index < -0.39 is 13.5 Å². The topological polar surface area (TPSA) is 0 Å². The Balaban J connectivity index is 1.08. The third-order valence-corrected chi connectivity index (χ3v) is 16.8. The molecule has 0 N–H and O–H groups in total. The summed E-state index contributed by atoms with van der Waals surface area (Å²) in [5.41, 5.74) is 15.1. The molecule has 284 valence electrons. The zero-order chi connectivity index (χ0) is 40.3. The van der Waals surface area contributed by atoms with Gasteiger partial charge in [0.2, 0.25) is 0 Å².